The molecule has 0 heterocycles. The molecule has 0 aromatic heterocycles. The molecule has 2 atom stereocenters. The zero-order chi connectivity index (χ0) is 12.0. The van der Waals surface area contributed by atoms with Crippen LogP contribution in [0.1, 0.15) is 59.3 Å². The Morgan fingerprint density at radius 3 is 2.69 bits per heavy atom. The zero-order valence-electron chi connectivity index (χ0n) is 11.2. The molecule has 1 aliphatic carbocycles. The molecule has 0 amide bonds. The summed E-state index contributed by atoms with van der Waals surface area (Å²) in [6, 6.07) is 0. The fourth-order valence-electron chi connectivity index (χ4n) is 2.63. The van der Waals surface area contributed by atoms with Crippen LogP contribution in [0, 0.1) is 11.8 Å². The third-order valence-electron chi connectivity index (χ3n) is 3.86. The lowest BCUT2D eigenvalue weighted by Crippen LogP contribution is -2.34. The quantitative estimate of drug-likeness (QED) is 0.577. The van der Waals surface area contributed by atoms with Crippen molar-refractivity contribution in [3.8, 4) is 0 Å². The summed E-state index contributed by atoms with van der Waals surface area (Å²) in [6.07, 6.45) is 6.44. The average molecular weight is 228 g/mol. The van der Waals surface area contributed by atoms with E-state index in [0.717, 1.165) is 50.5 Å². The Morgan fingerprint density at radius 2 is 2.06 bits per heavy atom. The largest absolute Gasteiger partial charge is 0.387 e. The molecule has 16 heavy (non-hydrogen) atoms. The van der Waals surface area contributed by atoms with Crippen molar-refractivity contribution in [2.45, 2.75) is 64.9 Å². The van der Waals surface area contributed by atoms with Crippen molar-refractivity contribution < 1.29 is 9.84 Å². The summed E-state index contributed by atoms with van der Waals surface area (Å²) in [4.78, 5) is 0. The molecule has 1 rings (SSSR count). The molecular weight excluding hydrogens is 200 g/mol. The minimum absolute atomic E-state index is 0.533. The number of ether oxygens (including phenoxy) is 1. The van der Waals surface area contributed by atoms with E-state index in [9.17, 15) is 5.11 Å². The lowest BCUT2D eigenvalue weighted by Gasteiger charge is -2.26. The van der Waals surface area contributed by atoms with Crippen LogP contribution < -0.4 is 0 Å². The van der Waals surface area contributed by atoms with Crippen molar-refractivity contribution in [3.63, 3.8) is 0 Å². The van der Waals surface area contributed by atoms with E-state index in [1.165, 1.54) is 6.42 Å². The first-order valence-electron chi connectivity index (χ1n) is 6.87. The van der Waals surface area contributed by atoms with Gasteiger partial charge in [0.25, 0.3) is 0 Å². The highest BCUT2D eigenvalue weighted by Crippen LogP contribution is 2.34. The van der Waals surface area contributed by atoms with Crippen molar-refractivity contribution >= 4 is 0 Å². The Balaban J connectivity index is 2.38. The predicted molar refractivity (Wildman–Crippen MR) is 67.5 cm³/mol. The van der Waals surface area contributed by atoms with Crippen molar-refractivity contribution in [2.24, 2.45) is 11.8 Å². The van der Waals surface area contributed by atoms with E-state index in [0.29, 0.717) is 6.61 Å². The third-order valence-corrected chi connectivity index (χ3v) is 3.86. The molecule has 2 heteroatoms. The van der Waals surface area contributed by atoms with Gasteiger partial charge in [0, 0.05) is 6.61 Å². The maximum atomic E-state index is 10.5. The number of hydrogen-bond donors (Lipinski definition) is 1. The first kappa shape index (κ1) is 14.0. The molecular formula is C14H28O2. The van der Waals surface area contributed by atoms with Gasteiger partial charge in [0.05, 0.1) is 12.2 Å². The summed E-state index contributed by atoms with van der Waals surface area (Å²) in [5, 5.41) is 10.5. The fourth-order valence-corrected chi connectivity index (χ4v) is 2.63. The van der Waals surface area contributed by atoms with Crippen LogP contribution in [0.15, 0.2) is 0 Å². The summed E-state index contributed by atoms with van der Waals surface area (Å²) in [7, 11) is 0. The lowest BCUT2D eigenvalue weighted by atomic mass is 9.88. The van der Waals surface area contributed by atoms with Crippen LogP contribution in [0.4, 0.5) is 0 Å². The summed E-state index contributed by atoms with van der Waals surface area (Å²) >= 11 is 0. The molecule has 0 aromatic carbocycles. The average Bonchev–Trinajstić information content (AvgIpc) is 2.41. The van der Waals surface area contributed by atoms with Gasteiger partial charge in [-0.25, -0.2) is 0 Å². The maximum Gasteiger partial charge on any atom is 0.0880 e. The van der Waals surface area contributed by atoms with Gasteiger partial charge in [0.15, 0.2) is 0 Å². The maximum absolute atomic E-state index is 10.5. The van der Waals surface area contributed by atoms with Crippen LogP contribution in [-0.4, -0.2) is 23.9 Å². The molecule has 0 bridgehead atoms. The Morgan fingerprint density at radius 1 is 1.31 bits per heavy atom. The van der Waals surface area contributed by atoms with E-state index >= 15 is 0 Å². The molecule has 0 saturated heterocycles. The fraction of sp³-hybridized carbons (Fsp3) is 1.00. The minimum atomic E-state index is -0.543. The van der Waals surface area contributed by atoms with E-state index in [1.54, 1.807) is 0 Å². The zero-order valence-corrected chi connectivity index (χ0v) is 11.2. The Bertz CT molecular complexity index is 191. The predicted octanol–water partition coefficient (Wildman–Crippen LogP) is 3.38. The normalized spacial score (nSPS) is 31.7. The SMILES string of the molecule is CCCOCC1(O)CCCC(C(C)C)CC1. The highest BCUT2D eigenvalue weighted by atomic mass is 16.5. The topological polar surface area (TPSA) is 29.5 Å². The van der Waals surface area contributed by atoms with Crippen LogP contribution >= 0.6 is 0 Å². The van der Waals surface area contributed by atoms with Crippen molar-refractivity contribution in [1.82, 2.24) is 0 Å². The Labute approximate surface area is 100 Å². The number of hydrogen-bond acceptors (Lipinski definition) is 2. The second-order valence-corrected chi connectivity index (χ2v) is 5.71. The second kappa shape index (κ2) is 6.61. The van der Waals surface area contributed by atoms with E-state index in [4.69, 9.17) is 4.74 Å². The molecule has 1 N–H and O–H groups in total. The van der Waals surface area contributed by atoms with Crippen molar-refractivity contribution in [1.29, 1.82) is 0 Å². The van der Waals surface area contributed by atoms with Crippen LogP contribution in [-0.2, 0) is 4.74 Å². The van der Waals surface area contributed by atoms with Gasteiger partial charge in [0.2, 0.25) is 0 Å². The number of aliphatic hydroxyl groups is 1. The van der Waals surface area contributed by atoms with Gasteiger partial charge >= 0.3 is 0 Å². The lowest BCUT2D eigenvalue weighted by molar-refractivity contribution is -0.0562. The molecule has 2 unspecified atom stereocenters. The van der Waals surface area contributed by atoms with Gasteiger partial charge in [-0.15, -0.1) is 0 Å². The summed E-state index contributed by atoms with van der Waals surface area (Å²) in [6.45, 7) is 8.00. The van der Waals surface area contributed by atoms with Crippen LogP contribution in [0.2, 0.25) is 0 Å². The molecule has 0 spiro atoms. The standard InChI is InChI=1S/C14H28O2/c1-4-10-16-11-14(15)8-5-6-13(7-9-14)12(2)3/h12-13,15H,4-11H2,1-3H3. The van der Waals surface area contributed by atoms with Gasteiger partial charge in [0.1, 0.15) is 0 Å². The number of rotatable bonds is 5. The smallest absolute Gasteiger partial charge is 0.0880 e. The van der Waals surface area contributed by atoms with Crippen LogP contribution in [0.5, 0.6) is 0 Å². The molecule has 0 aromatic rings. The highest BCUT2D eigenvalue weighted by Gasteiger charge is 2.31. The van der Waals surface area contributed by atoms with E-state index in [2.05, 4.69) is 20.8 Å². The molecule has 2 nitrogen and oxygen atoms in total. The third kappa shape index (κ3) is 4.42. The summed E-state index contributed by atoms with van der Waals surface area (Å²) in [5.74, 6) is 1.54. The second-order valence-electron chi connectivity index (χ2n) is 5.71. The van der Waals surface area contributed by atoms with Gasteiger partial charge < -0.3 is 9.84 Å². The van der Waals surface area contributed by atoms with Gasteiger partial charge in [-0.2, -0.15) is 0 Å². The molecule has 1 aliphatic rings. The van der Waals surface area contributed by atoms with E-state index < -0.39 is 5.60 Å². The van der Waals surface area contributed by atoms with E-state index in [1.807, 2.05) is 0 Å². The monoisotopic (exact) mass is 228 g/mol. The van der Waals surface area contributed by atoms with Crippen molar-refractivity contribution in [3.05, 3.63) is 0 Å². The molecule has 1 saturated carbocycles. The minimum Gasteiger partial charge on any atom is -0.387 e. The van der Waals surface area contributed by atoms with Gasteiger partial charge in [-0.3, -0.25) is 0 Å². The Kier molecular flexibility index (Phi) is 5.77. The van der Waals surface area contributed by atoms with Crippen LogP contribution in [0.25, 0.3) is 0 Å². The molecule has 0 aliphatic heterocycles. The van der Waals surface area contributed by atoms with Crippen LogP contribution in [0.3, 0.4) is 0 Å². The van der Waals surface area contributed by atoms with Crippen molar-refractivity contribution in [2.75, 3.05) is 13.2 Å². The van der Waals surface area contributed by atoms with E-state index in [-0.39, 0.29) is 0 Å². The molecule has 0 radical (unpaired) electrons. The first-order chi connectivity index (χ1) is 7.57. The molecule has 1 fully saturated rings. The summed E-state index contributed by atoms with van der Waals surface area (Å²) in [5.41, 5.74) is -0.543. The highest BCUT2D eigenvalue weighted by molar-refractivity contribution is 4.83. The van der Waals surface area contributed by atoms with Gasteiger partial charge in [-0.1, -0.05) is 33.6 Å². The Hall–Kier alpha value is -0.0800. The first-order valence-corrected chi connectivity index (χ1v) is 6.87. The van der Waals surface area contributed by atoms with Gasteiger partial charge in [-0.05, 0) is 37.5 Å². The summed E-state index contributed by atoms with van der Waals surface area (Å²) < 4.78 is 5.53. The molecule has 96 valence electrons.